The minimum Gasteiger partial charge on any atom is -0.467 e. The molecule has 0 bridgehead atoms. The van der Waals surface area contributed by atoms with Crippen LogP contribution in [0.4, 0.5) is 0 Å². The molecule has 1 unspecified atom stereocenters. The van der Waals surface area contributed by atoms with Crippen LogP contribution in [-0.2, 0) is 6.54 Å². The fourth-order valence-electron chi connectivity index (χ4n) is 2.30. The van der Waals surface area contributed by atoms with Gasteiger partial charge in [0.15, 0.2) is 5.96 Å². The molecule has 3 N–H and O–H groups in total. The van der Waals surface area contributed by atoms with E-state index in [2.05, 4.69) is 47.7 Å². The molecule has 5 nitrogen and oxygen atoms in total. The average Bonchev–Trinajstić information content (AvgIpc) is 3.05. The summed E-state index contributed by atoms with van der Waals surface area (Å²) in [4.78, 5) is 4.58. The van der Waals surface area contributed by atoms with Crippen molar-refractivity contribution in [3.63, 3.8) is 0 Å². The minimum absolute atomic E-state index is 0.340. The number of aryl methyl sites for hydroxylation is 2. The normalized spacial score (nSPS) is 13.0. The van der Waals surface area contributed by atoms with Gasteiger partial charge in [0.1, 0.15) is 11.9 Å². The molecule has 0 aliphatic carbocycles. The molecular weight excluding hydrogens is 290 g/mol. The SMILES string of the molecule is CCNC(=NCc1ccc(C)cc1C)NCC(O)c1ccco1. The quantitative estimate of drug-likeness (QED) is 0.566. The summed E-state index contributed by atoms with van der Waals surface area (Å²) >= 11 is 0. The summed E-state index contributed by atoms with van der Waals surface area (Å²) in [6.07, 6.45) is 0.854. The van der Waals surface area contributed by atoms with Crippen LogP contribution in [0, 0.1) is 13.8 Å². The van der Waals surface area contributed by atoms with Gasteiger partial charge in [0.2, 0.25) is 0 Å². The van der Waals surface area contributed by atoms with Gasteiger partial charge in [0.05, 0.1) is 19.4 Å². The minimum atomic E-state index is -0.699. The van der Waals surface area contributed by atoms with Crippen LogP contribution in [-0.4, -0.2) is 24.2 Å². The number of benzene rings is 1. The number of rotatable bonds is 6. The highest BCUT2D eigenvalue weighted by atomic mass is 16.4. The number of guanidine groups is 1. The van der Waals surface area contributed by atoms with E-state index in [1.54, 1.807) is 18.4 Å². The van der Waals surface area contributed by atoms with E-state index < -0.39 is 6.10 Å². The second kappa shape index (κ2) is 8.39. The second-order valence-electron chi connectivity index (χ2n) is 5.54. The number of aliphatic imine (C=N–C) groups is 1. The van der Waals surface area contributed by atoms with Crippen molar-refractivity contribution in [2.45, 2.75) is 33.4 Å². The van der Waals surface area contributed by atoms with Gasteiger partial charge in [0.25, 0.3) is 0 Å². The van der Waals surface area contributed by atoms with Crippen LogP contribution in [0.5, 0.6) is 0 Å². The Morgan fingerprint density at radius 2 is 2.09 bits per heavy atom. The lowest BCUT2D eigenvalue weighted by molar-refractivity contribution is 0.153. The van der Waals surface area contributed by atoms with Crippen molar-refractivity contribution in [1.29, 1.82) is 0 Å². The van der Waals surface area contributed by atoms with Gasteiger partial charge in [-0.2, -0.15) is 0 Å². The monoisotopic (exact) mass is 315 g/mol. The number of hydrogen-bond acceptors (Lipinski definition) is 3. The maximum Gasteiger partial charge on any atom is 0.191 e. The number of nitrogens with zero attached hydrogens (tertiary/aromatic N) is 1. The second-order valence-corrected chi connectivity index (χ2v) is 5.54. The third kappa shape index (κ3) is 5.14. The molecule has 0 saturated heterocycles. The van der Waals surface area contributed by atoms with E-state index in [0.29, 0.717) is 24.8 Å². The zero-order valence-corrected chi connectivity index (χ0v) is 14.0. The summed E-state index contributed by atoms with van der Waals surface area (Å²) in [5.41, 5.74) is 3.68. The van der Waals surface area contributed by atoms with Gasteiger partial charge in [-0.1, -0.05) is 23.8 Å². The topological polar surface area (TPSA) is 69.8 Å². The lowest BCUT2D eigenvalue weighted by atomic mass is 10.1. The lowest BCUT2D eigenvalue weighted by Crippen LogP contribution is -2.39. The molecule has 23 heavy (non-hydrogen) atoms. The van der Waals surface area contributed by atoms with Crippen LogP contribution in [0.25, 0.3) is 0 Å². The van der Waals surface area contributed by atoms with Gasteiger partial charge in [-0.3, -0.25) is 0 Å². The van der Waals surface area contributed by atoms with Crippen LogP contribution in [0.15, 0.2) is 46.0 Å². The summed E-state index contributed by atoms with van der Waals surface area (Å²) in [6.45, 7) is 7.89. The maximum atomic E-state index is 10.0. The fourth-order valence-corrected chi connectivity index (χ4v) is 2.30. The van der Waals surface area contributed by atoms with Crippen LogP contribution in [0.2, 0.25) is 0 Å². The molecular formula is C18H25N3O2. The highest BCUT2D eigenvalue weighted by Gasteiger charge is 2.10. The Morgan fingerprint density at radius 3 is 2.74 bits per heavy atom. The van der Waals surface area contributed by atoms with Gasteiger partial charge in [-0.25, -0.2) is 4.99 Å². The molecule has 0 spiro atoms. The molecule has 0 fully saturated rings. The average molecular weight is 315 g/mol. The first-order valence-corrected chi connectivity index (χ1v) is 7.90. The van der Waals surface area contributed by atoms with E-state index >= 15 is 0 Å². The van der Waals surface area contributed by atoms with Gasteiger partial charge in [-0.05, 0) is 44.0 Å². The summed E-state index contributed by atoms with van der Waals surface area (Å²) in [6, 6.07) is 9.88. The smallest absolute Gasteiger partial charge is 0.191 e. The Bertz CT molecular complexity index is 636. The van der Waals surface area contributed by atoms with Crippen molar-refractivity contribution in [2.24, 2.45) is 4.99 Å². The van der Waals surface area contributed by atoms with Crippen LogP contribution >= 0.6 is 0 Å². The fraction of sp³-hybridized carbons (Fsp3) is 0.389. The highest BCUT2D eigenvalue weighted by molar-refractivity contribution is 5.79. The number of furan rings is 1. The van der Waals surface area contributed by atoms with Crippen molar-refractivity contribution in [1.82, 2.24) is 10.6 Å². The molecule has 0 radical (unpaired) electrons. The predicted molar refractivity (Wildman–Crippen MR) is 92.4 cm³/mol. The summed E-state index contributed by atoms with van der Waals surface area (Å²) in [5.74, 6) is 1.22. The zero-order valence-electron chi connectivity index (χ0n) is 14.0. The van der Waals surface area contributed by atoms with E-state index in [9.17, 15) is 5.11 Å². The summed E-state index contributed by atoms with van der Waals surface area (Å²) in [7, 11) is 0. The van der Waals surface area contributed by atoms with Crippen LogP contribution < -0.4 is 10.6 Å². The first-order chi connectivity index (χ1) is 11.1. The van der Waals surface area contributed by atoms with Crippen molar-refractivity contribution >= 4 is 5.96 Å². The van der Waals surface area contributed by atoms with Crippen LogP contribution in [0.1, 0.15) is 35.5 Å². The van der Waals surface area contributed by atoms with Gasteiger partial charge in [-0.15, -0.1) is 0 Å². The molecule has 1 aromatic heterocycles. The Labute approximate surface area is 137 Å². The Hall–Kier alpha value is -2.27. The zero-order chi connectivity index (χ0) is 16.7. The van der Waals surface area contributed by atoms with E-state index in [4.69, 9.17) is 4.42 Å². The van der Waals surface area contributed by atoms with E-state index in [-0.39, 0.29) is 0 Å². The van der Waals surface area contributed by atoms with Gasteiger partial charge in [0, 0.05) is 6.54 Å². The number of aliphatic hydroxyl groups is 1. The lowest BCUT2D eigenvalue weighted by Gasteiger charge is -2.14. The molecule has 0 saturated carbocycles. The summed E-state index contributed by atoms with van der Waals surface area (Å²) < 4.78 is 5.19. The molecule has 1 atom stereocenters. The first kappa shape index (κ1) is 17.1. The predicted octanol–water partition coefficient (Wildman–Crippen LogP) is 2.69. The molecule has 0 aliphatic heterocycles. The van der Waals surface area contributed by atoms with Crippen molar-refractivity contribution in [3.8, 4) is 0 Å². The Kier molecular flexibility index (Phi) is 6.23. The Morgan fingerprint density at radius 1 is 1.26 bits per heavy atom. The number of nitrogens with one attached hydrogen (secondary N) is 2. The molecule has 124 valence electrons. The first-order valence-electron chi connectivity index (χ1n) is 7.90. The van der Waals surface area contributed by atoms with Crippen molar-refractivity contribution < 1.29 is 9.52 Å². The molecule has 2 aromatic rings. The standard InChI is InChI=1S/C18H25N3O2/c1-4-19-18(21-12-16(22)17-6-5-9-23-17)20-11-15-8-7-13(2)10-14(15)3/h5-10,16,22H,4,11-12H2,1-3H3,(H2,19,20,21). The highest BCUT2D eigenvalue weighted by Crippen LogP contribution is 2.12. The molecule has 5 heteroatoms. The molecule has 2 rings (SSSR count). The Balaban J connectivity index is 1.96. The maximum absolute atomic E-state index is 10.0. The van der Waals surface area contributed by atoms with Gasteiger partial charge < -0.3 is 20.2 Å². The number of hydrogen-bond donors (Lipinski definition) is 3. The van der Waals surface area contributed by atoms with E-state index in [1.165, 1.54) is 16.7 Å². The molecule has 1 heterocycles. The molecule has 0 aliphatic rings. The van der Waals surface area contributed by atoms with E-state index in [1.807, 2.05) is 6.92 Å². The van der Waals surface area contributed by atoms with Crippen LogP contribution in [0.3, 0.4) is 0 Å². The molecule has 0 amide bonds. The van der Waals surface area contributed by atoms with Crippen molar-refractivity contribution in [3.05, 3.63) is 59.0 Å². The third-order valence-electron chi connectivity index (χ3n) is 3.58. The van der Waals surface area contributed by atoms with Crippen molar-refractivity contribution in [2.75, 3.05) is 13.1 Å². The summed E-state index contributed by atoms with van der Waals surface area (Å²) in [5, 5.41) is 16.4. The van der Waals surface area contributed by atoms with Gasteiger partial charge >= 0.3 is 0 Å². The third-order valence-corrected chi connectivity index (χ3v) is 3.58. The van der Waals surface area contributed by atoms with E-state index in [0.717, 1.165) is 6.54 Å². The molecule has 1 aromatic carbocycles. The largest absolute Gasteiger partial charge is 0.467 e. The number of aliphatic hydroxyl groups excluding tert-OH is 1.